The monoisotopic (exact) mass is 343 g/mol. The number of esters is 1. The van der Waals surface area contributed by atoms with E-state index in [0.29, 0.717) is 17.3 Å². The molecule has 0 aromatic heterocycles. The van der Waals surface area contributed by atoms with E-state index in [0.717, 1.165) is 16.8 Å². The van der Waals surface area contributed by atoms with E-state index in [-0.39, 0.29) is 12.3 Å². The average Bonchev–Trinajstić information content (AvgIpc) is 2.94. The quantitative estimate of drug-likeness (QED) is 0.627. The molecule has 0 bridgehead atoms. The lowest BCUT2D eigenvalue weighted by atomic mass is 10.1. The van der Waals surface area contributed by atoms with Crippen LogP contribution in [0, 0.1) is 19.8 Å². The minimum Gasteiger partial charge on any atom is -0.425 e. The minimum atomic E-state index is -0.492. The van der Waals surface area contributed by atoms with Crippen molar-refractivity contribution in [1.29, 1.82) is 0 Å². The summed E-state index contributed by atoms with van der Waals surface area (Å²) in [6.45, 7) is 4.26. The zero-order chi connectivity index (χ0) is 17.3. The van der Waals surface area contributed by atoms with Crippen LogP contribution >= 0.6 is 11.6 Å². The SMILES string of the molecule is Cc1ccc(C)c(N2C[C@H](C(=O)Oc3ccccc3Cl)CC2=O)c1. The molecule has 1 atom stereocenters. The summed E-state index contributed by atoms with van der Waals surface area (Å²) < 4.78 is 5.37. The number of hydrogen-bond acceptors (Lipinski definition) is 3. The van der Waals surface area contributed by atoms with Gasteiger partial charge in [-0.1, -0.05) is 35.9 Å². The van der Waals surface area contributed by atoms with E-state index in [4.69, 9.17) is 16.3 Å². The van der Waals surface area contributed by atoms with Gasteiger partial charge in [-0.2, -0.15) is 0 Å². The molecule has 1 heterocycles. The van der Waals surface area contributed by atoms with Gasteiger partial charge < -0.3 is 9.64 Å². The number of carbonyl (C=O) groups is 2. The molecule has 0 spiro atoms. The molecule has 0 saturated carbocycles. The van der Waals surface area contributed by atoms with Crippen LogP contribution in [0.1, 0.15) is 17.5 Å². The maximum Gasteiger partial charge on any atom is 0.316 e. The Labute approximate surface area is 146 Å². The summed E-state index contributed by atoms with van der Waals surface area (Å²) in [5, 5.41) is 0.376. The van der Waals surface area contributed by atoms with Crippen LogP contribution in [-0.2, 0) is 9.59 Å². The Balaban J connectivity index is 1.76. The van der Waals surface area contributed by atoms with E-state index >= 15 is 0 Å². The second kappa shape index (κ2) is 6.65. The Morgan fingerprint density at radius 3 is 2.71 bits per heavy atom. The summed E-state index contributed by atoms with van der Waals surface area (Å²) in [5.41, 5.74) is 2.94. The van der Waals surface area contributed by atoms with Gasteiger partial charge in [0.1, 0.15) is 5.75 Å². The van der Waals surface area contributed by atoms with E-state index in [9.17, 15) is 9.59 Å². The van der Waals surface area contributed by atoms with Crippen LogP contribution in [0.3, 0.4) is 0 Å². The van der Waals surface area contributed by atoms with Crippen LogP contribution in [0.25, 0.3) is 0 Å². The van der Waals surface area contributed by atoms with Crippen LogP contribution in [0.5, 0.6) is 5.75 Å². The van der Waals surface area contributed by atoms with E-state index in [1.807, 2.05) is 32.0 Å². The molecule has 3 rings (SSSR count). The highest BCUT2D eigenvalue weighted by Crippen LogP contribution is 2.30. The number of rotatable bonds is 3. The summed E-state index contributed by atoms with van der Waals surface area (Å²) in [6, 6.07) is 12.8. The Morgan fingerprint density at radius 2 is 1.96 bits per heavy atom. The lowest BCUT2D eigenvalue weighted by Gasteiger charge is -2.19. The predicted molar refractivity (Wildman–Crippen MR) is 93.5 cm³/mol. The van der Waals surface area contributed by atoms with Crippen molar-refractivity contribution in [3.8, 4) is 5.75 Å². The first kappa shape index (κ1) is 16.5. The van der Waals surface area contributed by atoms with Crippen molar-refractivity contribution in [1.82, 2.24) is 0 Å². The number of amides is 1. The average molecular weight is 344 g/mol. The van der Waals surface area contributed by atoms with Gasteiger partial charge in [-0.25, -0.2) is 0 Å². The fraction of sp³-hybridized carbons (Fsp3) is 0.263. The first-order chi connectivity index (χ1) is 11.5. The molecule has 2 aromatic carbocycles. The second-order valence-corrected chi connectivity index (χ2v) is 6.45. The molecule has 4 nitrogen and oxygen atoms in total. The third-order valence-electron chi connectivity index (χ3n) is 4.16. The molecule has 0 unspecified atom stereocenters. The van der Waals surface area contributed by atoms with Gasteiger partial charge in [-0.3, -0.25) is 9.59 Å². The molecule has 1 saturated heterocycles. The van der Waals surface area contributed by atoms with Crippen LogP contribution in [0.15, 0.2) is 42.5 Å². The number of hydrogen-bond donors (Lipinski definition) is 0. The van der Waals surface area contributed by atoms with Crippen molar-refractivity contribution >= 4 is 29.2 Å². The molecule has 0 N–H and O–H groups in total. The van der Waals surface area contributed by atoms with E-state index in [1.165, 1.54) is 0 Å². The lowest BCUT2D eigenvalue weighted by Crippen LogP contribution is -2.28. The molecule has 1 fully saturated rings. The van der Waals surface area contributed by atoms with Crippen LogP contribution < -0.4 is 9.64 Å². The molecule has 1 aliphatic rings. The zero-order valence-electron chi connectivity index (χ0n) is 13.6. The summed E-state index contributed by atoms with van der Waals surface area (Å²) in [5.74, 6) is -0.662. The van der Waals surface area contributed by atoms with Crippen molar-refractivity contribution in [2.75, 3.05) is 11.4 Å². The highest BCUT2D eigenvalue weighted by molar-refractivity contribution is 6.32. The highest BCUT2D eigenvalue weighted by Gasteiger charge is 2.37. The molecule has 0 aliphatic carbocycles. The third-order valence-corrected chi connectivity index (χ3v) is 4.47. The maximum atomic E-state index is 12.4. The first-order valence-corrected chi connectivity index (χ1v) is 8.17. The highest BCUT2D eigenvalue weighted by atomic mass is 35.5. The molecular weight excluding hydrogens is 326 g/mol. The predicted octanol–water partition coefficient (Wildman–Crippen LogP) is 3.92. The van der Waals surface area contributed by atoms with Crippen LogP contribution in [-0.4, -0.2) is 18.4 Å². The number of ether oxygens (including phenoxy) is 1. The van der Waals surface area contributed by atoms with E-state index in [2.05, 4.69) is 0 Å². The molecule has 1 amide bonds. The van der Waals surface area contributed by atoms with Crippen molar-refractivity contribution in [2.45, 2.75) is 20.3 Å². The number of halogens is 1. The summed E-state index contributed by atoms with van der Waals surface area (Å²) in [6.07, 6.45) is 0.149. The fourth-order valence-corrected chi connectivity index (χ4v) is 3.00. The number of para-hydroxylation sites is 1. The van der Waals surface area contributed by atoms with E-state index < -0.39 is 11.9 Å². The number of aryl methyl sites for hydroxylation is 2. The van der Waals surface area contributed by atoms with Gasteiger partial charge >= 0.3 is 5.97 Å². The Morgan fingerprint density at radius 1 is 1.21 bits per heavy atom. The lowest BCUT2D eigenvalue weighted by molar-refractivity contribution is -0.139. The molecule has 2 aromatic rings. The molecular formula is C19H18ClNO3. The Hall–Kier alpha value is -2.33. The van der Waals surface area contributed by atoms with Gasteiger partial charge in [-0.15, -0.1) is 0 Å². The van der Waals surface area contributed by atoms with Gasteiger partial charge in [-0.05, 0) is 43.2 Å². The summed E-state index contributed by atoms with van der Waals surface area (Å²) in [4.78, 5) is 26.4. The second-order valence-electron chi connectivity index (χ2n) is 6.05. The van der Waals surface area contributed by atoms with Crippen LogP contribution in [0.4, 0.5) is 5.69 Å². The van der Waals surface area contributed by atoms with Gasteiger partial charge in [0, 0.05) is 18.7 Å². The van der Waals surface area contributed by atoms with Crippen molar-refractivity contribution in [3.05, 3.63) is 58.6 Å². The Bertz CT molecular complexity index is 803. The summed E-state index contributed by atoms with van der Waals surface area (Å²) in [7, 11) is 0. The Kier molecular flexibility index (Phi) is 4.58. The minimum absolute atomic E-state index is 0.0650. The van der Waals surface area contributed by atoms with Gasteiger partial charge in [0.25, 0.3) is 0 Å². The normalized spacial score (nSPS) is 17.2. The molecule has 5 heteroatoms. The molecule has 124 valence electrons. The fourth-order valence-electron chi connectivity index (χ4n) is 2.83. The molecule has 0 radical (unpaired) electrons. The largest absolute Gasteiger partial charge is 0.425 e. The van der Waals surface area contributed by atoms with Crippen molar-refractivity contribution in [3.63, 3.8) is 0 Å². The zero-order valence-corrected chi connectivity index (χ0v) is 14.3. The smallest absolute Gasteiger partial charge is 0.316 e. The van der Waals surface area contributed by atoms with Gasteiger partial charge in [0.05, 0.1) is 10.9 Å². The topological polar surface area (TPSA) is 46.6 Å². The van der Waals surface area contributed by atoms with Crippen molar-refractivity contribution in [2.24, 2.45) is 5.92 Å². The number of anilines is 1. The van der Waals surface area contributed by atoms with Crippen LogP contribution in [0.2, 0.25) is 5.02 Å². The maximum absolute atomic E-state index is 12.4. The molecule has 1 aliphatic heterocycles. The number of carbonyl (C=O) groups excluding carboxylic acids is 2. The standard InChI is InChI=1S/C19H18ClNO3/c1-12-7-8-13(2)16(9-12)21-11-14(10-18(21)22)19(23)24-17-6-4-3-5-15(17)20/h3-9,14H,10-11H2,1-2H3/t14-/m1/s1. The van der Waals surface area contributed by atoms with Crippen molar-refractivity contribution < 1.29 is 14.3 Å². The van der Waals surface area contributed by atoms with Gasteiger partial charge in [0.2, 0.25) is 5.91 Å². The number of benzene rings is 2. The number of nitrogens with zero attached hydrogens (tertiary/aromatic N) is 1. The van der Waals surface area contributed by atoms with Gasteiger partial charge in [0.15, 0.2) is 0 Å². The first-order valence-electron chi connectivity index (χ1n) is 7.79. The third kappa shape index (κ3) is 3.29. The van der Waals surface area contributed by atoms with E-state index in [1.54, 1.807) is 29.2 Å². The molecule has 24 heavy (non-hydrogen) atoms. The summed E-state index contributed by atoms with van der Waals surface area (Å²) >= 11 is 6.01.